The zero-order valence-corrected chi connectivity index (χ0v) is 16.9. The van der Waals surface area contributed by atoms with E-state index in [1.807, 2.05) is 18.2 Å². The van der Waals surface area contributed by atoms with E-state index >= 15 is 0 Å². The maximum Gasteiger partial charge on any atom is 0.261 e. The van der Waals surface area contributed by atoms with Crippen LogP contribution in [0.2, 0.25) is 0 Å². The van der Waals surface area contributed by atoms with E-state index in [1.54, 1.807) is 6.07 Å². The first-order valence-electron chi connectivity index (χ1n) is 9.97. The number of hydrogen-bond donors (Lipinski definition) is 3. The second-order valence-corrected chi connectivity index (χ2v) is 8.00. The molecule has 7 nitrogen and oxygen atoms in total. The van der Waals surface area contributed by atoms with Crippen molar-refractivity contribution in [2.24, 2.45) is 0 Å². The molecule has 4 aromatic rings. The number of nitrogens with zero attached hydrogens (tertiary/aromatic N) is 3. The van der Waals surface area contributed by atoms with Crippen molar-refractivity contribution < 1.29 is 4.39 Å². The second-order valence-electron chi connectivity index (χ2n) is 8.00. The summed E-state index contributed by atoms with van der Waals surface area (Å²) in [6, 6.07) is 10.9. The Morgan fingerprint density at radius 3 is 2.80 bits per heavy atom. The van der Waals surface area contributed by atoms with Crippen LogP contribution >= 0.6 is 0 Å². The van der Waals surface area contributed by atoms with Crippen molar-refractivity contribution in [2.75, 3.05) is 37.3 Å². The van der Waals surface area contributed by atoms with Crippen LogP contribution in [0.3, 0.4) is 0 Å². The molecule has 0 amide bonds. The van der Waals surface area contributed by atoms with E-state index in [-0.39, 0.29) is 16.6 Å². The molecule has 1 fully saturated rings. The Morgan fingerprint density at radius 1 is 1.17 bits per heavy atom. The minimum atomic E-state index is -0.482. The van der Waals surface area contributed by atoms with Crippen molar-refractivity contribution in [3.05, 3.63) is 52.6 Å². The highest BCUT2D eigenvalue weighted by Gasteiger charge is 2.23. The van der Waals surface area contributed by atoms with Gasteiger partial charge in [0.1, 0.15) is 17.2 Å². The fourth-order valence-electron chi connectivity index (χ4n) is 4.39. The van der Waals surface area contributed by atoms with Gasteiger partial charge in [-0.3, -0.25) is 4.79 Å². The molecule has 2 aromatic carbocycles. The largest absolute Gasteiger partial charge is 0.397 e. The summed E-state index contributed by atoms with van der Waals surface area (Å²) in [5, 5.41) is 0.194. The maximum atomic E-state index is 14.4. The molecule has 1 aliphatic heterocycles. The lowest BCUT2D eigenvalue weighted by Gasteiger charge is -2.39. The molecule has 3 heterocycles. The average Bonchev–Trinajstić information content (AvgIpc) is 3.10. The van der Waals surface area contributed by atoms with E-state index in [0.717, 1.165) is 36.4 Å². The Balaban J connectivity index is 1.61. The van der Waals surface area contributed by atoms with Crippen LogP contribution in [0.15, 0.2) is 41.2 Å². The van der Waals surface area contributed by atoms with Crippen LogP contribution in [0.1, 0.15) is 6.92 Å². The number of likely N-dealkylation sites (N-methyl/N-ethyl adjacent to an activating group) is 1. The lowest BCUT2D eigenvalue weighted by atomic mass is 10.1. The van der Waals surface area contributed by atoms with Crippen molar-refractivity contribution in [3.8, 4) is 11.4 Å². The van der Waals surface area contributed by atoms with Gasteiger partial charge in [0.05, 0.1) is 27.6 Å². The second kappa shape index (κ2) is 6.84. The first-order valence-corrected chi connectivity index (χ1v) is 9.97. The molecule has 4 N–H and O–H groups in total. The van der Waals surface area contributed by atoms with E-state index in [4.69, 9.17) is 5.73 Å². The summed E-state index contributed by atoms with van der Waals surface area (Å²) in [6.07, 6.45) is 0. The minimum Gasteiger partial charge on any atom is -0.397 e. The Labute approximate surface area is 172 Å². The van der Waals surface area contributed by atoms with E-state index in [1.165, 1.54) is 12.1 Å². The normalized spacial score (nSPS) is 17.8. The number of fused-ring (bicyclic) bond motifs is 2. The Morgan fingerprint density at radius 2 is 2.00 bits per heavy atom. The molecule has 1 atom stereocenters. The lowest BCUT2D eigenvalue weighted by Crippen LogP contribution is -2.50. The smallest absolute Gasteiger partial charge is 0.261 e. The number of pyridine rings is 1. The van der Waals surface area contributed by atoms with Crippen LogP contribution < -0.4 is 16.2 Å². The molecular weight excluding hydrogens is 383 g/mol. The van der Waals surface area contributed by atoms with Crippen LogP contribution in [-0.2, 0) is 0 Å². The van der Waals surface area contributed by atoms with E-state index in [0.29, 0.717) is 17.4 Å². The summed E-state index contributed by atoms with van der Waals surface area (Å²) in [7, 11) is 2.13. The van der Waals surface area contributed by atoms with Crippen LogP contribution in [0.5, 0.6) is 0 Å². The highest BCUT2D eigenvalue weighted by Crippen LogP contribution is 2.31. The van der Waals surface area contributed by atoms with Crippen molar-refractivity contribution >= 4 is 33.3 Å². The standard InChI is InChI=1S/C22H23FN6O/c1-12-11-28(2)8-9-29(12)13-6-7-15-17(10-13)26-21(25-15)19-20(24)18-14(23)4-3-5-16(18)27-22(19)30/h3-7,10,12H,8-9,11H2,1-2H3,(H,25,26)(H3,24,27,30)/t12-/m1/s1. The molecule has 0 aliphatic carbocycles. The van der Waals surface area contributed by atoms with Gasteiger partial charge < -0.3 is 25.5 Å². The number of anilines is 2. The molecule has 0 spiro atoms. The van der Waals surface area contributed by atoms with Gasteiger partial charge in [0, 0.05) is 31.4 Å². The SMILES string of the molecule is C[C@@H]1CN(C)CCN1c1ccc2nc(-c3c(N)c4c(F)cccc4[nH]c3=O)[nH]c2c1. The highest BCUT2D eigenvalue weighted by atomic mass is 19.1. The number of nitrogen functional groups attached to an aromatic ring is 1. The molecule has 8 heteroatoms. The molecule has 1 saturated heterocycles. The Kier molecular flexibility index (Phi) is 4.25. The minimum absolute atomic E-state index is 0.0822. The van der Waals surface area contributed by atoms with Gasteiger partial charge in [0.15, 0.2) is 0 Å². The zero-order valence-electron chi connectivity index (χ0n) is 16.9. The molecule has 30 heavy (non-hydrogen) atoms. The lowest BCUT2D eigenvalue weighted by molar-refractivity contribution is 0.275. The number of hydrogen-bond acceptors (Lipinski definition) is 5. The average molecular weight is 406 g/mol. The van der Waals surface area contributed by atoms with Crippen LogP contribution in [0.4, 0.5) is 15.8 Å². The highest BCUT2D eigenvalue weighted by molar-refractivity contribution is 5.98. The van der Waals surface area contributed by atoms with E-state index < -0.39 is 11.4 Å². The maximum absolute atomic E-state index is 14.4. The van der Waals surface area contributed by atoms with Crippen LogP contribution in [-0.4, -0.2) is 52.6 Å². The zero-order chi connectivity index (χ0) is 21.0. The number of rotatable bonds is 2. The first-order chi connectivity index (χ1) is 14.4. The number of piperazine rings is 1. The van der Waals surface area contributed by atoms with Gasteiger partial charge in [-0.15, -0.1) is 0 Å². The molecule has 0 unspecified atom stereocenters. The van der Waals surface area contributed by atoms with Gasteiger partial charge >= 0.3 is 0 Å². The quantitative estimate of drug-likeness (QED) is 0.476. The molecular formula is C22H23FN6O. The fraction of sp³-hybridized carbons (Fsp3) is 0.273. The monoisotopic (exact) mass is 406 g/mol. The molecule has 5 rings (SSSR count). The predicted molar refractivity (Wildman–Crippen MR) is 118 cm³/mol. The van der Waals surface area contributed by atoms with E-state index in [2.05, 4.69) is 38.7 Å². The summed E-state index contributed by atoms with van der Waals surface area (Å²) in [5.41, 5.74) is 9.05. The molecule has 0 radical (unpaired) electrons. The number of benzene rings is 2. The number of H-pyrrole nitrogens is 2. The number of halogens is 1. The van der Waals surface area contributed by atoms with Crippen molar-refractivity contribution in [3.63, 3.8) is 0 Å². The summed E-state index contributed by atoms with van der Waals surface area (Å²) >= 11 is 0. The summed E-state index contributed by atoms with van der Waals surface area (Å²) in [4.78, 5) is 27.9. The molecule has 0 bridgehead atoms. The fourth-order valence-corrected chi connectivity index (χ4v) is 4.39. The van der Waals surface area contributed by atoms with Gasteiger partial charge in [0.2, 0.25) is 0 Å². The van der Waals surface area contributed by atoms with Crippen molar-refractivity contribution in [1.82, 2.24) is 19.9 Å². The van der Waals surface area contributed by atoms with Gasteiger partial charge in [-0.2, -0.15) is 0 Å². The number of nitrogens with one attached hydrogen (secondary N) is 2. The first kappa shape index (κ1) is 18.6. The number of imidazole rings is 1. The van der Waals surface area contributed by atoms with Gasteiger partial charge in [-0.1, -0.05) is 6.07 Å². The Bertz CT molecular complexity index is 1330. The van der Waals surface area contributed by atoms with Crippen LogP contribution in [0.25, 0.3) is 33.3 Å². The third-order valence-electron chi connectivity index (χ3n) is 5.89. The van der Waals surface area contributed by atoms with E-state index in [9.17, 15) is 9.18 Å². The van der Waals surface area contributed by atoms with Gasteiger partial charge in [-0.25, -0.2) is 9.37 Å². The molecule has 2 aromatic heterocycles. The number of aromatic amines is 2. The van der Waals surface area contributed by atoms with Crippen molar-refractivity contribution in [1.29, 1.82) is 0 Å². The van der Waals surface area contributed by atoms with Gasteiger partial charge in [0.25, 0.3) is 5.56 Å². The number of nitrogens with two attached hydrogens (primary N) is 1. The summed E-state index contributed by atoms with van der Waals surface area (Å²) < 4.78 is 14.4. The predicted octanol–water partition coefficient (Wildman–Crippen LogP) is 2.93. The third kappa shape index (κ3) is 2.91. The number of aromatic nitrogens is 3. The molecule has 0 saturated carbocycles. The van der Waals surface area contributed by atoms with Crippen molar-refractivity contribution in [2.45, 2.75) is 13.0 Å². The molecule has 1 aliphatic rings. The summed E-state index contributed by atoms with van der Waals surface area (Å²) in [6.45, 7) is 5.16. The topological polar surface area (TPSA) is 94.0 Å². The molecule has 154 valence electrons. The summed E-state index contributed by atoms with van der Waals surface area (Å²) in [5.74, 6) is -0.151. The van der Waals surface area contributed by atoms with Crippen LogP contribution in [0, 0.1) is 5.82 Å². The third-order valence-corrected chi connectivity index (χ3v) is 5.89. The Hall–Kier alpha value is -3.39. The van der Waals surface area contributed by atoms with Gasteiger partial charge in [-0.05, 0) is 44.3 Å².